The third-order valence-corrected chi connectivity index (χ3v) is 4.19. The predicted molar refractivity (Wildman–Crippen MR) is 95.3 cm³/mol. The molecule has 0 spiro atoms. The Hall–Kier alpha value is -2.14. The van der Waals surface area contributed by atoms with Crippen LogP contribution in [0.5, 0.6) is 0 Å². The van der Waals surface area contributed by atoms with Crippen LogP contribution in [0.25, 0.3) is 0 Å². The first-order valence-corrected chi connectivity index (χ1v) is 8.20. The van der Waals surface area contributed by atoms with Gasteiger partial charge in [0.1, 0.15) is 0 Å². The number of para-hydroxylation sites is 1. The number of halogens is 1. The number of nitrogens with one attached hydrogen (secondary N) is 1. The van der Waals surface area contributed by atoms with Crippen LogP contribution in [0, 0.1) is 0 Å². The highest BCUT2D eigenvalue weighted by Gasteiger charge is 2.11. The van der Waals surface area contributed by atoms with Gasteiger partial charge in [0.15, 0.2) is 0 Å². The molecule has 2 aromatic carbocycles. The van der Waals surface area contributed by atoms with Crippen LogP contribution < -0.4 is 10.2 Å². The summed E-state index contributed by atoms with van der Waals surface area (Å²) in [5.41, 5.74) is 1.77. The highest BCUT2D eigenvalue weighted by molar-refractivity contribution is 9.10. The predicted octanol–water partition coefficient (Wildman–Crippen LogP) is 3.16. The maximum Gasteiger partial charge on any atom is 0.224 e. The third-order valence-electron chi connectivity index (χ3n) is 3.41. The first-order chi connectivity index (χ1) is 11.1. The topological polar surface area (TPSA) is 49.4 Å². The number of hydrogen-bond acceptors (Lipinski definition) is 2. The molecule has 0 bridgehead atoms. The normalized spacial score (nSPS) is 10.2. The quantitative estimate of drug-likeness (QED) is 0.843. The molecular formula is C18H19BrN2O2. The van der Waals surface area contributed by atoms with Crippen molar-refractivity contribution in [2.24, 2.45) is 0 Å². The second-order valence-electron chi connectivity index (χ2n) is 5.12. The SMILES string of the molecule is CC(=O)N(CCNC(=O)Cc1ccccc1Br)c1ccccc1. The second-order valence-corrected chi connectivity index (χ2v) is 5.98. The fourth-order valence-electron chi connectivity index (χ4n) is 2.26. The number of carbonyl (C=O) groups is 2. The van der Waals surface area contributed by atoms with E-state index in [2.05, 4.69) is 21.2 Å². The number of carbonyl (C=O) groups excluding carboxylic acids is 2. The van der Waals surface area contributed by atoms with Crippen molar-refractivity contribution in [2.45, 2.75) is 13.3 Å². The van der Waals surface area contributed by atoms with Crippen LogP contribution in [0.2, 0.25) is 0 Å². The zero-order valence-corrected chi connectivity index (χ0v) is 14.5. The summed E-state index contributed by atoms with van der Waals surface area (Å²) in [4.78, 5) is 25.4. The first-order valence-electron chi connectivity index (χ1n) is 7.41. The number of rotatable bonds is 6. The van der Waals surface area contributed by atoms with Gasteiger partial charge >= 0.3 is 0 Å². The van der Waals surface area contributed by atoms with Crippen molar-refractivity contribution in [2.75, 3.05) is 18.0 Å². The maximum absolute atomic E-state index is 12.0. The highest BCUT2D eigenvalue weighted by Crippen LogP contribution is 2.16. The lowest BCUT2D eigenvalue weighted by Crippen LogP contribution is -2.38. The molecule has 0 radical (unpaired) electrons. The number of hydrogen-bond donors (Lipinski definition) is 1. The van der Waals surface area contributed by atoms with E-state index in [9.17, 15) is 9.59 Å². The van der Waals surface area contributed by atoms with Crippen molar-refractivity contribution in [3.05, 3.63) is 64.6 Å². The molecule has 5 heteroatoms. The van der Waals surface area contributed by atoms with Gasteiger partial charge in [0.2, 0.25) is 11.8 Å². The lowest BCUT2D eigenvalue weighted by molar-refractivity contribution is -0.121. The van der Waals surface area contributed by atoms with Crippen molar-refractivity contribution < 1.29 is 9.59 Å². The molecule has 4 nitrogen and oxygen atoms in total. The van der Waals surface area contributed by atoms with Crippen LogP contribution in [0.3, 0.4) is 0 Å². The molecule has 0 aliphatic heterocycles. The molecule has 2 rings (SSSR count). The fourth-order valence-corrected chi connectivity index (χ4v) is 2.69. The van der Waals surface area contributed by atoms with Crippen molar-refractivity contribution >= 4 is 33.4 Å². The Balaban J connectivity index is 1.86. The van der Waals surface area contributed by atoms with Crippen molar-refractivity contribution in [3.63, 3.8) is 0 Å². The standard InChI is InChI=1S/C18H19BrN2O2/c1-14(22)21(16-8-3-2-4-9-16)12-11-20-18(23)13-15-7-5-6-10-17(15)19/h2-10H,11-13H2,1H3,(H,20,23). The molecule has 0 fully saturated rings. The first kappa shape index (κ1) is 17.2. The number of benzene rings is 2. The zero-order chi connectivity index (χ0) is 16.7. The summed E-state index contributed by atoms with van der Waals surface area (Å²) in [5, 5.41) is 2.86. The van der Waals surface area contributed by atoms with Gasteiger partial charge in [-0.2, -0.15) is 0 Å². The molecule has 2 aromatic rings. The van der Waals surface area contributed by atoms with Crippen LogP contribution in [0.1, 0.15) is 12.5 Å². The minimum atomic E-state index is -0.0616. The lowest BCUT2D eigenvalue weighted by atomic mass is 10.1. The Kier molecular flexibility index (Phi) is 6.35. The van der Waals surface area contributed by atoms with E-state index in [1.807, 2.05) is 54.6 Å². The summed E-state index contributed by atoms with van der Waals surface area (Å²) in [5.74, 6) is -0.107. The van der Waals surface area contributed by atoms with E-state index < -0.39 is 0 Å². The highest BCUT2D eigenvalue weighted by atomic mass is 79.9. The molecule has 0 heterocycles. The molecule has 23 heavy (non-hydrogen) atoms. The van der Waals surface area contributed by atoms with Gasteiger partial charge in [0.25, 0.3) is 0 Å². The molecule has 0 atom stereocenters. The smallest absolute Gasteiger partial charge is 0.224 e. The molecule has 0 aromatic heterocycles. The van der Waals surface area contributed by atoms with Crippen molar-refractivity contribution in [3.8, 4) is 0 Å². The summed E-state index contributed by atoms with van der Waals surface area (Å²) >= 11 is 3.43. The second kappa shape index (κ2) is 8.48. The number of nitrogens with zero attached hydrogens (tertiary/aromatic N) is 1. The van der Waals surface area contributed by atoms with E-state index in [1.54, 1.807) is 4.90 Å². The van der Waals surface area contributed by atoms with E-state index >= 15 is 0 Å². The molecule has 0 unspecified atom stereocenters. The van der Waals surface area contributed by atoms with Gasteiger partial charge < -0.3 is 10.2 Å². The fraction of sp³-hybridized carbons (Fsp3) is 0.222. The average molecular weight is 375 g/mol. The minimum Gasteiger partial charge on any atom is -0.354 e. The largest absolute Gasteiger partial charge is 0.354 e. The van der Waals surface area contributed by atoms with Gasteiger partial charge in [-0.3, -0.25) is 9.59 Å². The van der Waals surface area contributed by atoms with E-state index in [4.69, 9.17) is 0 Å². The van der Waals surface area contributed by atoms with E-state index in [1.165, 1.54) is 6.92 Å². The molecule has 0 saturated carbocycles. The Morgan fingerprint density at radius 1 is 1.04 bits per heavy atom. The summed E-state index contributed by atoms with van der Waals surface area (Å²) in [7, 11) is 0. The van der Waals surface area contributed by atoms with Gasteiger partial charge in [0.05, 0.1) is 6.42 Å². The summed E-state index contributed by atoms with van der Waals surface area (Å²) in [6.07, 6.45) is 0.312. The van der Waals surface area contributed by atoms with Crippen molar-refractivity contribution in [1.29, 1.82) is 0 Å². The Bertz CT molecular complexity index is 674. The Morgan fingerprint density at radius 3 is 2.35 bits per heavy atom. The van der Waals surface area contributed by atoms with Crippen LogP contribution in [0.15, 0.2) is 59.1 Å². The van der Waals surface area contributed by atoms with E-state index in [-0.39, 0.29) is 11.8 Å². The van der Waals surface area contributed by atoms with Gasteiger partial charge in [-0.1, -0.05) is 52.3 Å². The number of anilines is 1. The molecular weight excluding hydrogens is 356 g/mol. The maximum atomic E-state index is 12.0. The van der Waals surface area contributed by atoms with Crippen molar-refractivity contribution in [1.82, 2.24) is 5.32 Å². The van der Waals surface area contributed by atoms with E-state index in [0.29, 0.717) is 19.5 Å². The van der Waals surface area contributed by atoms with Crippen LogP contribution in [-0.4, -0.2) is 24.9 Å². The number of amides is 2. The Labute approximate surface area is 144 Å². The van der Waals surface area contributed by atoms with Crippen LogP contribution >= 0.6 is 15.9 Å². The molecule has 120 valence electrons. The summed E-state index contributed by atoms with van der Waals surface area (Å²) in [6.45, 7) is 2.38. The monoisotopic (exact) mass is 374 g/mol. The molecule has 1 N–H and O–H groups in total. The van der Waals surface area contributed by atoms with Crippen LogP contribution in [-0.2, 0) is 16.0 Å². The zero-order valence-electron chi connectivity index (χ0n) is 13.0. The van der Waals surface area contributed by atoms with Crippen LogP contribution in [0.4, 0.5) is 5.69 Å². The van der Waals surface area contributed by atoms with Gasteiger partial charge in [-0.25, -0.2) is 0 Å². The van der Waals surface area contributed by atoms with Gasteiger partial charge in [-0.15, -0.1) is 0 Å². The molecule has 0 aliphatic rings. The third kappa shape index (κ3) is 5.21. The summed E-state index contributed by atoms with van der Waals surface area (Å²) < 4.78 is 0.921. The summed E-state index contributed by atoms with van der Waals surface area (Å²) in [6, 6.07) is 17.1. The van der Waals surface area contributed by atoms with E-state index in [0.717, 1.165) is 15.7 Å². The molecule has 0 saturated heterocycles. The van der Waals surface area contributed by atoms with Gasteiger partial charge in [0, 0.05) is 30.2 Å². The van der Waals surface area contributed by atoms with Gasteiger partial charge in [-0.05, 0) is 23.8 Å². The Morgan fingerprint density at radius 2 is 1.70 bits per heavy atom. The average Bonchev–Trinajstić information content (AvgIpc) is 2.54. The molecule has 0 aliphatic carbocycles. The molecule has 2 amide bonds. The minimum absolute atomic E-state index is 0.0451. The lowest BCUT2D eigenvalue weighted by Gasteiger charge is -2.21.